The number of rotatable bonds is 1. The van der Waals surface area contributed by atoms with Crippen LogP contribution in [-0.4, -0.2) is 7.85 Å². The molecule has 80 valence electrons. The van der Waals surface area contributed by atoms with Gasteiger partial charge in [0.2, 0.25) is 0 Å². The Hall–Kier alpha value is -2.02. The van der Waals surface area contributed by atoms with Crippen LogP contribution in [0.5, 0.6) is 0 Å². The van der Waals surface area contributed by atoms with Crippen LogP contribution in [-0.2, 0) is 0 Å². The van der Waals surface area contributed by atoms with Gasteiger partial charge in [0.15, 0.2) is 0 Å². The molecule has 17 heavy (non-hydrogen) atoms. The quantitative estimate of drug-likeness (QED) is 0.548. The summed E-state index contributed by atoms with van der Waals surface area (Å²) in [5.74, 6) is 0. The third-order valence-electron chi connectivity index (χ3n) is 3.39. The molecule has 0 nitrogen and oxygen atoms in total. The van der Waals surface area contributed by atoms with Gasteiger partial charge in [-0.3, -0.25) is 0 Å². The molecule has 0 saturated carbocycles. The second-order valence-electron chi connectivity index (χ2n) is 4.54. The first kappa shape index (κ1) is 10.2. The average molecular weight is 216 g/mol. The highest BCUT2D eigenvalue weighted by atomic mass is 14.2. The summed E-state index contributed by atoms with van der Waals surface area (Å²) < 4.78 is 0. The fourth-order valence-electron chi connectivity index (χ4n) is 2.46. The van der Waals surface area contributed by atoms with E-state index in [1.807, 2.05) is 6.08 Å². The van der Waals surface area contributed by atoms with Crippen LogP contribution in [0.4, 0.5) is 0 Å². The van der Waals surface area contributed by atoms with Crippen LogP contribution in [0.2, 0.25) is 0 Å². The molecule has 0 aromatic heterocycles. The highest BCUT2D eigenvalue weighted by molar-refractivity contribution is 6.32. The molecule has 0 heterocycles. The molecule has 1 heteroatoms. The maximum absolute atomic E-state index is 4.22. The third kappa shape index (κ3) is 1.39. The Kier molecular flexibility index (Phi) is 2.09. The van der Waals surface area contributed by atoms with E-state index in [4.69, 9.17) is 0 Å². The zero-order valence-corrected chi connectivity index (χ0v) is 9.96. The monoisotopic (exact) mass is 216 g/mol. The van der Waals surface area contributed by atoms with Crippen molar-refractivity contribution in [3.8, 4) is 11.1 Å². The SMILES string of the molecule is Bc1ccc2c(c1)C(=C)c1cc(C=C)ccc1-2. The van der Waals surface area contributed by atoms with Gasteiger partial charge in [0.1, 0.15) is 7.85 Å². The first-order valence-electron chi connectivity index (χ1n) is 5.78. The summed E-state index contributed by atoms with van der Waals surface area (Å²) in [6.45, 7) is 8.03. The fraction of sp³-hybridized carbons (Fsp3) is 0. The molecule has 3 rings (SSSR count). The van der Waals surface area contributed by atoms with E-state index in [9.17, 15) is 0 Å². The smallest absolute Gasteiger partial charge is 0.0985 e. The van der Waals surface area contributed by atoms with Crippen LogP contribution < -0.4 is 5.46 Å². The molecule has 0 spiro atoms. The number of fused-ring (bicyclic) bond motifs is 3. The molecule has 0 atom stereocenters. The molecule has 0 radical (unpaired) electrons. The summed E-state index contributed by atoms with van der Waals surface area (Å²) in [6.07, 6.45) is 1.88. The molecule has 2 aromatic rings. The summed E-state index contributed by atoms with van der Waals surface area (Å²) in [4.78, 5) is 0. The lowest BCUT2D eigenvalue weighted by atomic mass is 9.91. The lowest BCUT2D eigenvalue weighted by molar-refractivity contribution is 1.62. The Labute approximate surface area is 103 Å². The second kappa shape index (κ2) is 3.49. The number of hydrogen-bond acceptors (Lipinski definition) is 0. The normalized spacial score (nSPS) is 12.1. The summed E-state index contributed by atoms with van der Waals surface area (Å²) in [7, 11) is 2.12. The maximum atomic E-state index is 4.22. The van der Waals surface area contributed by atoms with Crippen LogP contribution in [0.15, 0.2) is 49.6 Å². The lowest BCUT2D eigenvalue weighted by Crippen LogP contribution is -2.01. The van der Waals surface area contributed by atoms with E-state index in [0.29, 0.717) is 0 Å². The number of hydrogen-bond donors (Lipinski definition) is 0. The standard InChI is InChI=1S/C16H13B/c1-3-11-4-6-13-14-7-5-12(17)9-16(14)10(2)15(13)8-11/h3-9H,1-2,17H2. The van der Waals surface area contributed by atoms with E-state index in [1.54, 1.807) is 0 Å². The zero-order valence-electron chi connectivity index (χ0n) is 9.96. The van der Waals surface area contributed by atoms with Crippen LogP contribution in [0.25, 0.3) is 22.8 Å². The van der Waals surface area contributed by atoms with Crippen molar-refractivity contribution in [3.63, 3.8) is 0 Å². The van der Waals surface area contributed by atoms with Crippen molar-refractivity contribution in [1.29, 1.82) is 0 Å². The summed E-state index contributed by atoms with van der Waals surface area (Å²) in [5.41, 5.74) is 8.64. The van der Waals surface area contributed by atoms with Gasteiger partial charge in [0, 0.05) is 0 Å². The van der Waals surface area contributed by atoms with E-state index in [0.717, 1.165) is 11.1 Å². The molecule has 0 N–H and O–H groups in total. The van der Waals surface area contributed by atoms with E-state index in [1.165, 1.54) is 27.7 Å². The minimum absolute atomic E-state index is 1.13. The van der Waals surface area contributed by atoms with Gasteiger partial charge in [-0.15, -0.1) is 0 Å². The molecule has 0 saturated heterocycles. The summed E-state index contributed by atoms with van der Waals surface area (Å²) in [6, 6.07) is 13.0. The molecule has 0 bridgehead atoms. The van der Waals surface area contributed by atoms with Crippen LogP contribution >= 0.6 is 0 Å². The summed E-state index contributed by atoms with van der Waals surface area (Å²) in [5, 5.41) is 0. The minimum Gasteiger partial charge on any atom is -0.0985 e. The Bertz CT molecular complexity index is 651. The van der Waals surface area contributed by atoms with Crippen molar-refractivity contribution in [2.45, 2.75) is 0 Å². The first-order chi connectivity index (χ1) is 8.20. The predicted molar refractivity (Wildman–Crippen MR) is 78.3 cm³/mol. The van der Waals surface area contributed by atoms with Crippen molar-refractivity contribution in [2.24, 2.45) is 0 Å². The lowest BCUT2D eigenvalue weighted by Gasteiger charge is -2.01. The molecule has 0 aliphatic heterocycles. The highest BCUT2D eigenvalue weighted by Gasteiger charge is 2.21. The Balaban J connectivity index is 2.30. The van der Waals surface area contributed by atoms with Crippen molar-refractivity contribution >= 4 is 25.0 Å². The topological polar surface area (TPSA) is 0 Å². The molecule has 0 unspecified atom stereocenters. The van der Waals surface area contributed by atoms with Crippen molar-refractivity contribution in [3.05, 3.63) is 66.2 Å². The maximum Gasteiger partial charge on any atom is 0.139 e. The largest absolute Gasteiger partial charge is 0.139 e. The van der Waals surface area contributed by atoms with E-state index in [-0.39, 0.29) is 0 Å². The van der Waals surface area contributed by atoms with Crippen molar-refractivity contribution in [1.82, 2.24) is 0 Å². The molecule has 1 aliphatic rings. The molecule has 1 aliphatic carbocycles. The van der Waals surface area contributed by atoms with Gasteiger partial charge < -0.3 is 0 Å². The summed E-state index contributed by atoms with van der Waals surface area (Å²) >= 11 is 0. The minimum atomic E-state index is 1.13. The van der Waals surface area contributed by atoms with Crippen molar-refractivity contribution in [2.75, 3.05) is 0 Å². The van der Waals surface area contributed by atoms with E-state index < -0.39 is 0 Å². The molecule has 0 amide bonds. The molecular weight excluding hydrogens is 203 g/mol. The zero-order chi connectivity index (χ0) is 12.0. The Morgan fingerprint density at radius 3 is 2.24 bits per heavy atom. The Morgan fingerprint density at radius 2 is 1.53 bits per heavy atom. The first-order valence-corrected chi connectivity index (χ1v) is 5.78. The van der Waals surface area contributed by atoms with Gasteiger partial charge in [-0.05, 0) is 39.5 Å². The van der Waals surface area contributed by atoms with Gasteiger partial charge in [-0.1, -0.05) is 55.0 Å². The fourth-order valence-corrected chi connectivity index (χ4v) is 2.46. The van der Waals surface area contributed by atoms with Crippen LogP contribution in [0.3, 0.4) is 0 Å². The molecular formula is C16H13B. The highest BCUT2D eigenvalue weighted by Crippen LogP contribution is 2.43. The number of benzene rings is 2. The van der Waals surface area contributed by atoms with Gasteiger partial charge in [-0.25, -0.2) is 0 Å². The van der Waals surface area contributed by atoms with Crippen LogP contribution in [0.1, 0.15) is 16.7 Å². The van der Waals surface area contributed by atoms with Gasteiger partial charge in [0.25, 0.3) is 0 Å². The van der Waals surface area contributed by atoms with Crippen molar-refractivity contribution < 1.29 is 0 Å². The third-order valence-corrected chi connectivity index (χ3v) is 3.39. The predicted octanol–water partition coefficient (Wildman–Crippen LogP) is 2.63. The van der Waals surface area contributed by atoms with E-state index >= 15 is 0 Å². The average Bonchev–Trinajstić information content (AvgIpc) is 2.62. The van der Waals surface area contributed by atoms with Crippen LogP contribution in [0, 0.1) is 0 Å². The Morgan fingerprint density at radius 1 is 0.882 bits per heavy atom. The molecule has 2 aromatic carbocycles. The molecule has 0 fully saturated rings. The van der Waals surface area contributed by atoms with Gasteiger partial charge >= 0.3 is 0 Å². The van der Waals surface area contributed by atoms with E-state index in [2.05, 4.69) is 57.4 Å². The van der Waals surface area contributed by atoms with Gasteiger partial charge in [-0.2, -0.15) is 0 Å². The second-order valence-corrected chi connectivity index (χ2v) is 4.54. The van der Waals surface area contributed by atoms with Gasteiger partial charge in [0.05, 0.1) is 0 Å².